The molecule has 2 aromatic carbocycles. The maximum atomic E-state index is 6.21. The molecule has 0 aliphatic rings. The zero-order valence-corrected chi connectivity index (χ0v) is 15.4. The molecule has 3 aromatic rings. The van der Waals surface area contributed by atoms with Crippen LogP contribution in [0.15, 0.2) is 48.5 Å². The number of halogens is 1. The van der Waals surface area contributed by atoms with Crippen molar-refractivity contribution in [3.8, 4) is 0 Å². The third-order valence-corrected chi connectivity index (χ3v) is 4.49. The van der Waals surface area contributed by atoms with Gasteiger partial charge in [0.25, 0.3) is 0 Å². The Labute approximate surface area is 153 Å². The van der Waals surface area contributed by atoms with Crippen molar-refractivity contribution >= 4 is 29.1 Å². The molecule has 0 aliphatic carbocycles. The second-order valence-electron chi connectivity index (χ2n) is 6.04. The maximum absolute atomic E-state index is 6.21. The summed E-state index contributed by atoms with van der Waals surface area (Å²) in [5.41, 5.74) is 5.37. The fourth-order valence-electron chi connectivity index (χ4n) is 2.55. The normalized spacial score (nSPS) is 10.6. The van der Waals surface area contributed by atoms with E-state index in [1.54, 1.807) is 0 Å². The Bertz CT molecular complexity index is 893. The predicted molar refractivity (Wildman–Crippen MR) is 105 cm³/mol. The minimum absolute atomic E-state index is 0.579. The first kappa shape index (κ1) is 17.2. The number of nitrogens with zero attached hydrogens (tertiary/aromatic N) is 2. The number of hydrogen-bond donors (Lipinski definition) is 2. The fraction of sp³-hybridized carbons (Fsp3) is 0.200. The highest BCUT2D eigenvalue weighted by Gasteiger charge is 2.06. The molecule has 0 unspecified atom stereocenters. The van der Waals surface area contributed by atoms with E-state index in [-0.39, 0.29) is 0 Å². The predicted octanol–water partition coefficient (Wildman–Crippen LogP) is 5.41. The van der Waals surface area contributed by atoms with Gasteiger partial charge in [-0.15, -0.1) is 0 Å². The molecule has 0 atom stereocenters. The Morgan fingerprint density at radius 3 is 2.56 bits per heavy atom. The van der Waals surface area contributed by atoms with E-state index in [0.29, 0.717) is 12.5 Å². The third-order valence-electron chi connectivity index (χ3n) is 4.12. The highest BCUT2D eigenvalue weighted by molar-refractivity contribution is 6.31. The van der Waals surface area contributed by atoms with Crippen LogP contribution in [-0.2, 0) is 6.54 Å². The minimum atomic E-state index is 0.579. The van der Waals surface area contributed by atoms with Gasteiger partial charge in [0, 0.05) is 29.0 Å². The Morgan fingerprint density at radius 2 is 1.76 bits per heavy atom. The van der Waals surface area contributed by atoms with Gasteiger partial charge in [0.15, 0.2) is 0 Å². The van der Waals surface area contributed by atoms with Gasteiger partial charge in [0.1, 0.15) is 5.82 Å². The number of aryl methyl sites for hydroxylation is 2. The van der Waals surface area contributed by atoms with Crippen molar-refractivity contribution in [2.45, 2.75) is 27.3 Å². The minimum Gasteiger partial charge on any atom is -0.366 e. The maximum Gasteiger partial charge on any atom is 0.229 e. The van der Waals surface area contributed by atoms with Crippen LogP contribution in [0.3, 0.4) is 0 Å². The van der Waals surface area contributed by atoms with Gasteiger partial charge in [-0.3, -0.25) is 0 Å². The van der Waals surface area contributed by atoms with E-state index >= 15 is 0 Å². The molecule has 0 radical (unpaired) electrons. The van der Waals surface area contributed by atoms with Gasteiger partial charge in [-0.05, 0) is 49.6 Å². The van der Waals surface area contributed by atoms with Crippen molar-refractivity contribution in [1.29, 1.82) is 0 Å². The summed E-state index contributed by atoms with van der Waals surface area (Å²) in [6.07, 6.45) is 0. The van der Waals surface area contributed by atoms with Crippen LogP contribution in [0.4, 0.5) is 17.5 Å². The molecule has 25 heavy (non-hydrogen) atoms. The second kappa shape index (κ2) is 7.53. The molecular weight excluding hydrogens is 332 g/mol. The molecule has 1 heterocycles. The monoisotopic (exact) mass is 352 g/mol. The third kappa shape index (κ3) is 4.28. The average Bonchev–Trinajstić information content (AvgIpc) is 2.58. The number of aromatic nitrogens is 2. The lowest BCUT2D eigenvalue weighted by molar-refractivity contribution is 1.06. The molecule has 1 aromatic heterocycles. The van der Waals surface area contributed by atoms with E-state index in [0.717, 1.165) is 27.8 Å². The molecule has 128 valence electrons. The van der Waals surface area contributed by atoms with E-state index in [4.69, 9.17) is 11.6 Å². The summed E-state index contributed by atoms with van der Waals surface area (Å²) in [5, 5.41) is 7.38. The van der Waals surface area contributed by atoms with Crippen LogP contribution in [0.1, 0.15) is 22.4 Å². The number of anilines is 3. The second-order valence-corrected chi connectivity index (χ2v) is 6.44. The number of nitrogens with one attached hydrogen (secondary N) is 2. The molecule has 0 saturated heterocycles. The fourth-order valence-corrected chi connectivity index (χ4v) is 2.75. The molecule has 2 N–H and O–H groups in total. The number of rotatable bonds is 5. The molecule has 4 nitrogen and oxygen atoms in total. The molecule has 5 heteroatoms. The van der Waals surface area contributed by atoms with Crippen LogP contribution in [0.2, 0.25) is 5.02 Å². The van der Waals surface area contributed by atoms with E-state index in [1.807, 2.05) is 49.4 Å². The summed E-state index contributed by atoms with van der Waals surface area (Å²) in [7, 11) is 0. The molecule has 0 saturated carbocycles. The van der Waals surface area contributed by atoms with E-state index in [2.05, 4.69) is 40.5 Å². The van der Waals surface area contributed by atoms with Crippen LogP contribution in [0.25, 0.3) is 0 Å². The van der Waals surface area contributed by atoms with Gasteiger partial charge in [-0.2, -0.15) is 4.98 Å². The van der Waals surface area contributed by atoms with Crippen LogP contribution < -0.4 is 10.6 Å². The quantitative estimate of drug-likeness (QED) is 0.644. The zero-order valence-electron chi connectivity index (χ0n) is 14.6. The lowest BCUT2D eigenvalue weighted by Gasteiger charge is -2.13. The highest BCUT2D eigenvalue weighted by Crippen LogP contribution is 2.22. The van der Waals surface area contributed by atoms with Gasteiger partial charge in [0.2, 0.25) is 5.95 Å². The van der Waals surface area contributed by atoms with Gasteiger partial charge in [0.05, 0.1) is 0 Å². The first-order chi connectivity index (χ1) is 12.0. The topological polar surface area (TPSA) is 49.8 Å². The number of hydrogen-bond acceptors (Lipinski definition) is 4. The SMILES string of the molecule is Cc1cc(NCc2ccccc2Cl)nc(Nc2cccc(C)c2C)n1. The Balaban J connectivity index is 1.78. The molecule has 0 bridgehead atoms. The summed E-state index contributed by atoms with van der Waals surface area (Å²) in [5.74, 6) is 1.34. The van der Waals surface area contributed by atoms with Crippen LogP contribution in [0.5, 0.6) is 0 Å². The zero-order chi connectivity index (χ0) is 17.8. The molecule has 3 rings (SSSR count). The summed E-state index contributed by atoms with van der Waals surface area (Å²) >= 11 is 6.21. The lowest BCUT2D eigenvalue weighted by atomic mass is 10.1. The van der Waals surface area contributed by atoms with Crippen molar-refractivity contribution in [3.05, 3.63) is 75.9 Å². The summed E-state index contributed by atoms with van der Waals surface area (Å²) in [6, 6.07) is 15.9. The average molecular weight is 353 g/mol. The van der Waals surface area contributed by atoms with Crippen LogP contribution >= 0.6 is 11.6 Å². The van der Waals surface area contributed by atoms with Crippen molar-refractivity contribution in [1.82, 2.24) is 9.97 Å². The lowest BCUT2D eigenvalue weighted by Crippen LogP contribution is -2.06. The largest absolute Gasteiger partial charge is 0.366 e. The van der Waals surface area contributed by atoms with E-state index in [9.17, 15) is 0 Å². The van der Waals surface area contributed by atoms with Crippen LogP contribution in [0, 0.1) is 20.8 Å². The Kier molecular flexibility index (Phi) is 5.19. The Morgan fingerprint density at radius 1 is 0.960 bits per heavy atom. The van der Waals surface area contributed by atoms with Crippen molar-refractivity contribution in [3.63, 3.8) is 0 Å². The molecule has 0 spiro atoms. The first-order valence-corrected chi connectivity index (χ1v) is 8.57. The molecule has 0 fully saturated rings. The summed E-state index contributed by atoms with van der Waals surface area (Å²) < 4.78 is 0. The van der Waals surface area contributed by atoms with E-state index in [1.165, 1.54) is 11.1 Å². The van der Waals surface area contributed by atoms with Gasteiger partial charge >= 0.3 is 0 Å². The van der Waals surface area contributed by atoms with Gasteiger partial charge < -0.3 is 10.6 Å². The van der Waals surface area contributed by atoms with Crippen molar-refractivity contribution in [2.75, 3.05) is 10.6 Å². The smallest absolute Gasteiger partial charge is 0.229 e. The molecular formula is C20H21ClN4. The van der Waals surface area contributed by atoms with Crippen LogP contribution in [-0.4, -0.2) is 9.97 Å². The summed E-state index contributed by atoms with van der Waals surface area (Å²) in [6.45, 7) is 6.74. The standard InChI is InChI=1S/C20H21ClN4/c1-13-7-6-10-18(15(13)3)24-20-23-14(2)11-19(25-20)22-12-16-8-4-5-9-17(16)21/h4-11H,12H2,1-3H3,(H2,22,23,24,25). The highest BCUT2D eigenvalue weighted by atomic mass is 35.5. The first-order valence-electron chi connectivity index (χ1n) is 8.19. The Hall–Kier alpha value is -2.59. The van der Waals surface area contributed by atoms with Gasteiger partial charge in [-0.1, -0.05) is 41.9 Å². The molecule has 0 amide bonds. The van der Waals surface area contributed by atoms with Crippen molar-refractivity contribution in [2.24, 2.45) is 0 Å². The van der Waals surface area contributed by atoms with E-state index < -0.39 is 0 Å². The van der Waals surface area contributed by atoms with Crippen molar-refractivity contribution < 1.29 is 0 Å². The summed E-state index contributed by atoms with van der Waals surface area (Å²) in [4.78, 5) is 9.05. The number of benzene rings is 2. The molecule has 0 aliphatic heterocycles. The van der Waals surface area contributed by atoms with Gasteiger partial charge in [-0.25, -0.2) is 4.98 Å².